The largest absolute Gasteiger partial charge is 0.462 e. The standard InChI is InChI=1S/C33H34FN7O2.2H2S/c1-5-27(42)41-16-15-40(19-24(41)17-35-3)32-26-18-36-30(25-13-7-11-22-10-6-9-21(2)28(22)25)29(34)31(26)37-33(38-32)43-20-23-12-8-14-39(23)4;;/h5-7,9-11,13,18,23-24H,1,8,12,14-17,19-20H2,2,4H3;2*1H2/t23-,24-;;/m0../s1. The SMILES string of the molecule is S.S.[C-]#[N+]C[C@H]1CN(c2nc(OC[C@@H]3CCCN3C)nc3c(F)c(-c4cccc5cccc(C)c45)ncc23)CCN1C(=O)C=C. The van der Waals surface area contributed by atoms with Gasteiger partial charge in [0.25, 0.3) is 0 Å². The number of ether oxygens (including phenoxy) is 1. The van der Waals surface area contributed by atoms with Crippen molar-refractivity contribution in [3.8, 4) is 17.3 Å². The fourth-order valence-corrected chi connectivity index (χ4v) is 6.32. The number of piperazine rings is 1. The fraction of sp³-hybridized carbons (Fsp3) is 0.364. The molecule has 4 aromatic rings. The number of amides is 1. The predicted octanol–water partition coefficient (Wildman–Crippen LogP) is 5.11. The minimum Gasteiger partial charge on any atom is -0.462 e. The molecule has 2 fully saturated rings. The van der Waals surface area contributed by atoms with Crippen molar-refractivity contribution in [3.63, 3.8) is 0 Å². The molecule has 2 saturated heterocycles. The van der Waals surface area contributed by atoms with E-state index in [1.807, 2.05) is 48.2 Å². The summed E-state index contributed by atoms with van der Waals surface area (Å²) in [5.41, 5.74) is 2.06. The van der Waals surface area contributed by atoms with E-state index in [0.717, 1.165) is 35.7 Å². The molecular formula is C33H38FN7O2S2. The predicted molar refractivity (Wildman–Crippen MR) is 186 cm³/mol. The number of fused-ring (bicyclic) bond motifs is 2. The Balaban J connectivity index is 0.00000230. The Kier molecular flexibility index (Phi) is 10.9. The average molecular weight is 648 g/mol. The van der Waals surface area contributed by atoms with Gasteiger partial charge >= 0.3 is 6.01 Å². The van der Waals surface area contributed by atoms with Crippen molar-refractivity contribution in [1.82, 2.24) is 24.8 Å². The first-order valence-electron chi connectivity index (χ1n) is 14.6. The number of benzene rings is 2. The number of anilines is 1. The number of carbonyl (C=O) groups is 1. The van der Waals surface area contributed by atoms with Crippen LogP contribution in [0.2, 0.25) is 0 Å². The van der Waals surface area contributed by atoms with Gasteiger partial charge in [-0.2, -0.15) is 37.0 Å². The molecule has 0 N–H and O–H groups in total. The maximum absolute atomic E-state index is 16.6. The monoisotopic (exact) mass is 647 g/mol. The molecule has 0 unspecified atom stereocenters. The third-order valence-corrected chi connectivity index (χ3v) is 8.63. The summed E-state index contributed by atoms with van der Waals surface area (Å²) in [6.07, 6.45) is 5.00. The highest BCUT2D eigenvalue weighted by molar-refractivity contribution is 7.59. The van der Waals surface area contributed by atoms with E-state index in [9.17, 15) is 4.79 Å². The van der Waals surface area contributed by atoms with Crippen LogP contribution >= 0.6 is 27.0 Å². The molecule has 0 bridgehead atoms. The molecule has 2 aromatic carbocycles. The van der Waals surface area contributed by atoms with Gasteiger partial charge in [0.05, 0.1) is 5.39 Å². The van der Waals surface area contributed by atoms with Crippen LogP contribution in [0.5, 0.6) is 6.01 Å². The van der Waals surface area contributed by atoms with Crippen LogP contribution in [0.15, 0.2) is 55.3 Å². The molecule has 2 aromatic heterocycles. The van der Waals surface area contributed by atoms with Crippen LogP contribution in [-0.4, -0.2) is 89.1 Å². The Bertz CT molecular complexity index is 1760. The minimum atomic E-state index is -0.544. The van der Waals surface area contributed by atoms with Crippen molar-refractivity contribution >= 4 is 60.4 Å². The summed E-state index contributed by atoms with van der Waals surface area (Å²) in [5, 5.41) is 2.40. The number of nitrogens with zero attached hydrogens (tertiary/aromatic N) is 7. The highest BCUT2D eigenvalue weighted by Gasteiger charge is 2.34. The first-order valence-corrected chi connectivity index (χ1v) is 14.6. The normalized spacial score (nSPS) is 18.3. The van der Waals surface area contributed by atoms with Gasteiger partial charge in [-0.3, -0.25) is 9.78 Å². The van der Waals surface area contributed by atoms with Crippen LogP contribution in [0, 0.1) is 19.3 Å². The van der Waals surface area contributed by atoms with E-state index < -0.39 is 5.82 Å². The molecule has 0 spiro atoms. The summed E-state index contributed by atoms with van der Waals surface area (Å²) in [6.45, 7) is 15.8. The molecule has 0 saturated carbocycles. The lowest BCUT2D eigenvalue weighted by molar-refractivity contribution is -0.128. The Hall–Kier alpha value is -3.92. The van der Waals surface area contributed by atoms with Gasteiger partial charge in [0.1, 0.15) is 29.7 Å². The van der Waals surface area contributed by atoms with Gasteiger partial charge in [-0.25, -0.2) is 11.0 Å². The van der Waals surface area contributed by atoms with Crippen LogP contribution in [-0.2, 0) is 4.79 Å². The molecule has 1 amide bonds. The Morgan fingerprint density at radius 1 is 1.16 bits per heavy atom. The first-order chi connectivity index (χ1) is 20.9. The fourth-order valence-electron chi connectivity index (χ4n) is 6.32. The van der Waals surface area contributed by atoms with E-state index in [1.54, 1.807) is 11.1 Å². The van der Waals surface area contributed by atoms with Crippen molar-refractivity contribution < 1.29 is 13.9 Å². The second-order valence-corrected chi connectivity index (χ2v) is 11.3. The van der Waals surface area contributed by atoms with Gasteiger partial charge in [-0.1, -0.05) is 43.0 Å². The third-order valence-electron chi connectivity index (χ3n) is 8.63. The number of hydrogen-bond acceptors (Lipinski definition) is 7. The summed E-state index contributed by atoms with van der Waals surface area (Å²) < 4.78 is 22.8. The zero-order valence-electron chi connectivity index (χ0n) is 25.5. The maximum Gasteiger partial charge on any atom is 0.319 e. The first kappa shape index (κ1) is 34.0. The molecule has 6 rings (SSSR count). The summed E-state index contributed by atoms with van der Waals surface area (Å²) in [6, 6.07) is 11.8. The van der Waals surface area contributed by atoms with E-state index in [4.69, 9.17) is 16.3 Å². The van der Waals surface area contributed by atoms with Gasteiger partial charge in [-0.15, -0.1) is 0 Å². The number of hydrogen-bond donors (Lipinski definition) is 0. The van der Waals surface area contributed by atoms with Crippen LogP contribution in [0.4, 0.5) is 10.2 Å². The summed E-state index contributed by atoms with van der Waals surface area (Å²) in [4.78, 5) is 36.0. The zero-order chi connectivity index (χ0) is 30.1. The lowest BCUT2D eigenvalue weighted by atomic mass is 9.97. The van der Waals surface area contributed by atoms with Crippen molar-refractivity contribution in [1.29, 1.82) is 0 Å². The maximum atomic E-state index is 16.6. The van der Waals surface area contributed by atoms with Crippen LogP contribution in [0.3, 0.4) is 0 Å². The zero-order valence-corrected chi connectivity index (χ0v) is 27.5. The van der Waals surface area contributed by atoms with Gasteiger partial charge in [0.15, 0.2) is 5.82 Å². The second kappa shape index (κ2) is 14.5. The van der Waals surface area contributed by atoms with E-state index in [1.165, 1.54) is 6.08 Å². The molecular weight excluding hydrogens is 610 g/mol. The van der Waals surface area contributed by atoms with Gasteiger partial charge in [-0.05, 0) is 55.8 Å². The summed E-state index contributed by atoms with van der Waals surface area (Å²) in [7, 11) is 2.07. The van der Waals surface area contributed by atoms with Crippen LogP contribution in [0.25, 0.3) is 37.8 Å². The van der Waals surface area contributed by atoms with Crippen LogP contribution < -0.4 is 9.64 Å². The van der Waals surface area contributed by atoms with E-state index in [0.29, 0.717) is 43.0 Å². The topological polar surface area (TPSA) is 79.1 Å². The molecule has 12 heteroatoms. The Morgan fingerprint density at radius 2 is 1.93 bits per heavy atom. The molecule has 4 heterocycles. The Labute approximate surface area is 276 Å². The average Bonchev–Trinajstić information content (AvgIpc) is 3.44. The lowest BCUT2D eigenvalue weighted by Gasteiger charge is -2.39. The van der Waals surface area contributed by atoms with Crippen molar-refractivity contribution in [2.75, 3.05) is 51.3 Å². The minimum absolute atomic E-state index is 0. The molecule has 236 valence electrons. The second-order valence-electron chi connectivity index (χ2n) is 11.3. The summed E-state index contributed by atoms with van der Waals surface area (Å²) >= 11 is 0. The van der Waals surface area contributed by atoms with Crippen LogP contribution in [0.1, 0.15) is 18.4 Å². The number of likely N-dealkylation sites (N-methyl/N-ethyl adjacent to an activating group) is 1. The smallest absolute Gasteiger partial charge is 0.319 e. The van der Waals surface area contributed by atoms with E-state index in [2.05, 4.69) is 33.3 Å². The van der Waals surface area contributed by atoms with Crippen molar-refractivity contribution in [2.24, 2.45) is 0 Å². The lowest BCUT2D eigenvalue weighted by Crippen LogP contribution is -2.56. The number of pyridine rings is 1. The molecule has 2 atom stereocenters. The molecule has 0 aliphatic carbocycles. The molecule has 9 nitrogen and oxygen atoms in total. The molecule has 0 radical (unpaired) electrons. The number of carbonyl (C=O) groups excluding carboxylic acids is 1. The summed E-state index contributed by atoms with van der Waals surface area (Å²) in [5.74, 6) is -0.279. The number of likely N-dealkylation sites (tertiary alicyclic amines) is 1. The number of halogens is 1. The van der Waals surface area contributed by atoms with Crippen molar-refractivity contribution in [3.05, 3.63) is 78.0 Å². The molecule has 45 heavy (non-hydrogen) atoms. The van der Waals surface area contributed by atoms with E-state index >= 15 is 4.39 Å². The molecule has 2 aliphatic rings. The van der Waals surface area contributed by atoms with Gasteiger partial charge < -0.3 is 24.3 Å². The highest BCUT2D eigenvalue weighted by atomic mass is 32.1. The van der Waals surface area contributed by atoms with Gasteiger partial charge in [0.2, 0.25) is 12.5 Å². The van der Waals surface area contributed by atoms with Gasteiger partial charge in [0, 0.05) is 37.4 Å². The number of aryl methyl sites for hydroxylation is 1. The Morgan fingerprint density at radius 3 is 2.64 bits per heavy atom. The third kappa shape index (κ3) is 6.57. The number of aromatic nitrogens is 3. The quantitative estimate of drug-likeness (QED) is 0.204. The highest BCUT2D eigenvalue weighted by Crippen LogP contribution is 2.36. The van der Waals surface area contributed by atoms with Crippen molar-refractivity contribution in [2.45, 2.75) is 31.8 Å². The number of rotatable bonds is 7. The molecule has 2 aliphatic heterocycles. The van der Waals surface area contributed by atoms with E-state index in [-0.39, 0.29) is 68.7 Å².